The minimum Gasteiger partial charge on any atom is -0.497 e. The molecule has 0 aliphatic rings. The molecule has 1 aromatic carbocycles. The number of aromatic nitrogens is 3. The minimum atomic E-state index is -1.08. The number of carboxylic acids is 1. The van der Waals surface area contributed by atoms with E-state index >= 15 is 0 Å². The molecule has 0 saturated heterocycles. The number of ether oxygens (including phenoxy) is 1. The summed E-state index contributed by atoms with van der Waals surface area (Å²) in [6, 6.07) is 11.9. The summed E-state index contributed by atoms with van der Waals surface area (Å²) in [6.45, 7) is 0. The molecular weight excluding hydrogens is 361 g/mol. The van der Waals surface area contributed by atoms with Crippen molar-refractivity contribution < 1.29 is 19.0 Å². The van der Waals surface area contributed by atoms with Crippen molar-refractivity contribution in [1.82, 2.24) is 15.0 Å². The number of aromatic amines is 1. The first kappa shape index (κ1) is 17.7. The van der Waals surface area contributed by atoms with E-state index in [1.165, 1.54) is 12.1 Å². The van der Waals surface area contributed by atoms with Crippen LogP contribution in [0.3, 0.4) is 0 Å². The molecule has 0 radical (unpaired) electrons. The van der Waals surface area contributed by atoms with Crippen molar-refractivity contribution in [1.29, 1.82) is 0 Å². The van der Waals surface area contributed by atoms with Crippen LogP contribution in [-0.2, 0) is 6.42 Å². The van der Waals surface area contributed by atoms with Gasteiger partial charge in [0.25, 0.3) is 0 Å². The number of hydrogen-bond donors (Lipinski definition) is 2. The molecule has 28 heavy (non-hydrogen) atoms. The lowest BCUT2D eigenvalue weighted by Crippen LogP contribution is -2.03. The molecule has 3 aromatic heterocycles. The van der Waals surface area contributed by atoms with Crippen LogP contribution in [0, 0.1) is 5.82 Å². The van der Waals surface area contributed by atoms with Gasteiger partial charge < -0.3 is 14.8 Å². The molecule has 4 aromatic rings. The Kier molecular flexibility index (Phi) is 4.49. The number of pyridine rings is 2. The molecule has 4 rings (SSSR count). The highest BCUT2D eigenvalue weighted by Crippen LogP contribution is 2.33. The molecule has 0 amide bonds. The van der Waals surface area contributed by atoms with E-state index in [2.05, 4.69) is 15.0 Å². The van der Waals surface area contributed by atoms with Crippen molar-refractivity contribution in [2.45, 2.75) is 6.42 Å². The third-order valence-electron chi connectivity index (χ3n) is 4.49. The zero-order valence-electron chi connectivity index (χ0n) is 14.9. The Morgan fingerprint density at radius 1 is 1.21 bits per heavy atom. The largest absolute Gasteiger partial charge is 0.497 e. The van der Waals surface area contributed by atoms with Crippen LogP contribution >= 0.6 is 0 Å². The molecule has 0 aliphatic carbocycles. The number of halogens is 1. The maximum atomic E-state index is 13.8. The first-order valence-corrected chi connectivity index (χ1v) is 8.54. The first-order chi connectivity index (χ1) is 13.5. The summed E-state index contributed by atoms with van der Waals surface area (Å²) in [5.74, 6) is -0.832. The zero-order chi connectivity index (χ0) is 19.7. The fraction of sp³-hybridized carbons (Fsp3) is 0.0952. The fourth-order valence-corrected chi connectivity index (χ4v) is 3.22. The van der Waals surface area contributed by atoms with Gasteiger partial charge in [0.15, 0.2) is 0 Å². The number of benzene rings is 1. The van der Waals surface area contributed by atoms with E-state index in [4.69, 9.17) is 4.74 Å². The molecule has 0 fully saturated rings. The predicted octanol–water partition coefficient (Wildman–Crippen LogP) is 4.06. The lowest BCUT2D eigenvalue weighted by Gasteiger charge is -2.06. The predicted molar refractivity (Wildman–Crippen MR) is 102 cm³/mol. The van der Waals surface area contributed by atoms with Crippen molar-refractivity contribution in [3.05, 3.63) is 77.6 Å². The summed E-state index contributed by atoms with van der Waals surface area (Å²) in [4.78, 5) is 22.7. The standard InChI is InChI=1S/C21H16FN3O3/c1-28-15-5-6-16-17(8-14-3-2-4-18(24-14)21(26)27)20(25-19(16)9-15)12-7-13(22)11-23-10-12/h2-7,9-11,25H,8H2,1H3,(H,26,27). The van der Waals surface area contributed by atoms with Gasteiger partial charge in [0, 0.05) is 40.8 Å². The number of methoxy groups -OCH3 is 1. The lowest BCUT2D eigenvalue weighted by molar-refractivity contribution is 0.0690. The van der Waals surface area contributed by atoms with E-state index in [0.29, 0.717) is 29.1 Å². The van der Waals surface area contributed by atoms with Crippen LogP contribution in [0.1, 0.15) is 21.7 Å². The lowest BCUT2D eigenvalue weighted by atomic mass is 10.0. The van der Waals surface area contributed by atoms with Gasteiger partial charge in [0.1, 0.15) is 17.3 Å². The molecule has 0 aliphatic heterocycles. The Balaban J connectivity index is 1.88. The Morgan fingerprint density at radius 2 is 2.07 bits per heavy atom. The molecule has 0 spiro atoms. The topological polar surface area (TPSA) is 88.1 Å². The summed E-state index contributed by atoms with van der Waals surface area (Å²) in [6.07, 6.45) is 3.10. The Morgan fingerprint density at radius 3 is 2.82 bits per heavy atom. The van der Waals surface area contributed by atoms with Gasteiger partial charge in [-0.1, -0.05) is 6.07 Å². The number of nitrogens with zero attached hydrogens (tertiary/aromatic N) is 2. The van der Waals surface area contributed by atoms with Gasteiger partial charge in [-0.05, 0) is 35.9 Å². The number of aromatic carboxylic acids is 1. The van der Waals surface area contributed by atoms with Gasteiger partial charge in [0.05, 0.1) is 19.0 Å². The van der Waals surface area contributed by atoms with Gasteiger partial charge in [-0.15, -0.1) is 0 Å². The quantitative estimate of drug-likeness (QED) is 0.548. The molecule has 0 saturated carbocycles. The van der Waals surface area contributed by atoms with Crippen molar-refractivity contribution in [2.75, 3.05) is 7.11 Å². The molecule has 7 heteroatoms. The van der Waals surface area contributed by atoms with Crippen LogP contribution in [0.5, 0.6) is 5.75 Å². The van der Waals surface area contributed by atoms with E-state index in [1.54, 1.807) is 25.4 Å². The van der Waals surface area contributed by atoms with E-state index < -0.39 is 11.8 Å². The SMILES string of the molecule is COc1ccc2c(Cc3cccc(C(=O)O)n3)c(-c3cncc(F)c3)[nH]c2c1. The van der Waals surface area contributed by atoms with E-state index in [9.17, 15) is 14.3 Å². The molecule has 2 N–H and O–H groups in total. The summed E-state index contributed by atoms with van der Waals surface area (Å²) in [7, 11) is 1.59. The maximum Gasteiger partial charge on any atom is 0.354 e. The van der Waals surface area contributed by atoms with Gasteiger partial charge >= 0.3 is 5.97 Å². The van der Waals surface area contributed by atoms with Crippen LogP contribution in [0.15, 0.2) is 54.9 Å². The number of nitrogens with one attached hydrogen (secondary N) is 1. The third-order valence-corrected chi connectivity index (χ3v) is 4.49. The molecule has 0 bridgehead atoms. The summed E-state index contributed by atoms with van der Waals surface area (Å²) in [5.41, 5.74) is 3.58. The highest BCUT2D eigenvalue weighted by atomic mass is 19.1. The number of rotatable bonds is 5. The second-order valence-corrected chi connectivity index (χ2v) is 6.28. The van der Waals surface area contributed by atoms with Crippen molar-refractivity contribution in [2.24, 2.45) is 0 Å². The van der Waals surface area contributed by atoms with E-state index in [0.717, 1.165) is 22.7 Å². The molecule has 0 unspecified atom stereocenters. The normalized spacial score (nSPS) is 10.9. The van der Waals surface area contributed by atoms with Gasteiger partial charge in [-0.3, -0.25) is 4.98 Å². The third kappa shape index (κ3) is 3.29. The van der Waals surface area contributed by atoms with Crippen LogP contribution in [0.25, 0.3) is 22.2 Å². The molecule has 3 heterocycles. The van der Waals surface area contributed by atoms with Crippen molar-refractivity contribution >= 4 is 16.9 Å². The van der Waals surface area contributed by atoms with Crippen LogP contribution in [0.4, 0.5) is 4.39 Å². The van der Waals surface area contributed by atoms with Crippen LogP contribution in [-0.4, -0.2) is 33.1 Å². The van der Waals surface area contributed by atoms with Gasteiger partial charge in [-0.2, -0.15) is 0 Å². The summed E-state index contributed by atoms with van der Waals surface area (Å²) in [5, 5.41) is 10.1. The first-order valence-electron chi connectivity index (χ1n) is 8.54. The van der Waals surface area contributed by atoms with Crippen molar-refractivity contribution in [3.8, 4) is 17.0 Å². The average molecular weight is 377 g/mol. The smallest absolute Gasteiger partial charge is 0.354 e. The van der Waals surface area contributed by atoms with Crippen LogP contribution < -0.4 is 4.74 Å². The highest BCUT2D eigenvalue weighted by molar-refractivity contribution is 5.92. The van der Waals surface area contributed by atoms with E-state index in [-0.39, 0.29) is 5.69 Å². The Bertz CT molecular complexity index is 1190. The average Bonchev–Trinajstić information content (AvgIpc) is 3.05. The second kappa shape index (κ2) is 7.11. The number of carbonyl (C=O) groups is 1. The van der Waals surface area contributed by atoms with Gasteiger partial charge in [0.2, 0.25) is 0 Å². The number of fused-ring (bicyclic) bond motifs is 1. The van der Waals surface area contributed by atoms with Crippen LogP contribution in [0.2, 0.25) is 0 Å². The summed E-state index contributed by atoms with van der Waals surface area (Å²) >= 11 is 0. The second-order valence-electron chi connectivity index (χ2n) is 6.28. The number of H-pyrrole nitrogens is 1. The summed E-state index contributed by atoms with van der Waals surface area (Å²) < 4.78 is 19.0. The Labute approximate surface area is 159 Å². The minimum absolute atomic E-state index is 0.0204. The van der Waals surface area contributed by atoms with E-state index in [1.807, 2.05) is 18.2 Å². The number of hydrogen-bond acceptors (Lipinski definition) is 4. The molecule has 140 valence electrons. The number of carboxylic acid groups (broad SMARTS) is 1. The highest BCUT2D eigenvalue weighted by Gasteiger charge is 2.16. The van der Waals surface area contributed by atoms with Gasteiger partial charge in [-0.25, -0.2) is 14.2 Å². The molecular formula is C21H16FN3O3. The monoisotopic (exact) mass is 377 g/mol. The maximum absolute atomic E-state index is 13.8. The zero-order valence-corrected chi connectivity index (χ0v) is 14.9. The molecule has 0 atom stereocenters. The Hall–Kier alpha value is -3.74. The molecule has 6 nitrogen and oxygen atoms in total. The fourth-order valence-electron chi connectivity index (χ4n) is 3.22. The van der Waals surface area contributed by atoms with Crippen molar-refractivity contribution in [3.63, 3.8) is 0 Å².